The average Bonchev–Trinajstić information content (AvgIpc) is 2.17. The highest BCUT2D eigenvalue weighted by atomic mass is 16.5. The number of ether oxygens (including phenoxy) is 2. The summed E-state index contributed by atoms with van der Waals surface area (Å²) in [5.74, 6) is -1.16. The Morgan fingerprint density at radius 2 is 1.53 bits per heavy atom. The first-order chi connectivity index (χ1) is 6.86. The second-order valence-corrected chi connectivity index (χ2v) is 2.63. The summed E-state index contributed by atoms with van der Waals surface area (Å²) in [4.78, 5) is 20.3. The quantitative estimate of drug-likeness (QED) is 0.623. The van der Waals surface area contributed by atoms with E-state index in [2.05, 4.69) is 9.47 Å². The number of hydrogen-bond donors (Lipinski definition) is 2. The minimum atomic E-state index is -0.995. The molecule has 0 saturated carbocycles. The molecule has 2 atom stereocenters. The third-order valence-electron chi connectivity index (χ3n) is 1.17. The third-order valence-corrected chi connectivity index (χ3v) is 1.17. The highest BCUT2D eigenvalue weighted by Crippen LogP contribution is 1.84. The minimum absolute atomic E-state index is 0.323. The number of aliphatic hydroxyl groups is 2. The molecular formula is C9H18O6. The zero-order valence-corrected chi connectivity index (χ0v) is 9.39. The fourth-order valence-corrected chi connectivity index (χ4v) is 0.433. The van der Waals surface area contributed by atoms with Crippen molar-refractivity contribution in [2.45, 2.75) is 33.0 Å². The number of esters is 2. The topological polar surface area (TPSA) is 93.1 Å². The fraction of sp³-hybridized carbons (Fsp3) is 0.778. The van der Waals surface area contributed by atoms with E-state index in [-0.39, 0.29) is 0 Å². The van der Waals surface area contributed by atoms with E-state index in [0.29, 0.717) is 6.61 Å². The summed E-state index contributed by atoms with van der Waals surface area (Å²) in [6.45, 7) is 4.74. The van der Waals surface area contributed by atoms with Crippen LogP contribution in [0.3, 0.4) is 0 Å². The molecule has 2 unspecified atom stereocenters. The van der Waals surface area contributed by atoms with Crippen molar-refractivity contribution in [2.75, 3.05) is 13.7 Å². The van der Waals surface area contributed by atoms with E-state index >= 15 is 0 Å². The van der Waals surface area contributed by atoms with Crippen molar-refractivity contribution in [2.24, 2.45) is 0 Å². The molecule has 6 nitrogen and oxygen atoms in total. The fourth-order valence-electron chi connectivity index (χ4n) is 0.433. The van der Waals surface area contributed by atoms with Crippen molar-refractivity contribution >= 4 is 11.9 Å². The minimum Gasteiger partial charge on any atom is -0.467 e. The van der Waals surface area contributed by atoms with Crippen LogP contribution in [0.1, 0.15) is 20.8 Å². The van der Waals surface area contributed by atoms with Crippen LogP contribution in [0.25, 0.3) is 0 Å². The van der Waals surface area contributed by atoms with Gasteiger partial charge in [-0.1, -0.05) is 0 Å². The molecule has 90 valence electrons. The molecule has 0 rings (SSSR count). The zero-order valence-electron chi connectivity index (χ0n) is 9.39. The van der Waals surface area contributed by atoms with Crippen LogP contribution >= 0.6 is 0 Å². The van der Waals surface area contributed by atoms with Crippen molar-refractivity contribution in [3.63, 3.8) is 0 Å². The molecule has 15 heavy (non-hydrogen) atoms. The summed E-state index contributed by atoms with van der Waals surface area (Å²) in [7, 11) is 1.23. The van der Waals surface area contributed by atoms with Crippen LogP contribution in [0.2, 0.25) is 0 Å². The van der Waals surface area contributed by atoms with Gasteiger partial charge in [0, 0.05) is 0 Å². The second kappa shape index (κ2) is 9.42. The second-order valence-electron chi connectivity index (χ2n) is 2.63. The molecule has 0 bridgehead atoms. The molecule has 0 aliphatic carbocycles. The van der Waals surface area contributed by atoms with Crippen molar-refractivity contribution in [3.8, 4) is 0 Å². The van der Waals surface area contributed by atoms with E-state index < -0.39 is 24.1 Å². The van der Waals surface area contributed by atoms with E-state index in [1.54, 1.807) is 6.92 Å². The zero-order chi connectivity index (χ0) is 12.4. The molecule has 0 aromatic heterocycles. The van der Waals surface area contributed by atoms with Crippen molar-refractivity contribution in [3.05, 3.63) is 0 Å². The Morgan fingerprint density at radius 3 is 1.60 bits per heavy atom. The number of methoxy groups -OCH3 is 1. The van der Waals surface area contributed by atoms with E-state index in [0.717, 1.165) is 0 Å². The monoisotopic (exact) mass is 222 g/mol. The molecule has 0 heterocycles. The van der Waals surface area contributed by atoms with E-state index in [9.17, 15) is 9.59 Å². The van der Waals surface area contributed by atoms with Crippen molar-refractivity contribution < 1.29 is 29.3 Å². The van der Waals surface area contributed by atoms with Gasteiger partial charge >= 0.3 is 11.9 Å². The summed E-state index contributed by atoms with van der Waals surface area (Å²) in [6.07, 6.45) is -1.99. The predicted molar refractivity (Wildman–Crippen MR) is 52.0 cm³/mol. The molecular weight excluding hydrogens is 204 g/mol. The number of carbonyl (C=O) groups is 2. The van der Waals surface area contributed by atoms with Gasteiger partial charge in [-0.05, 0) is 20.8 Å². The summed E-state index contributed by atoms with van der Waals surface area (Å²) >= 11 is 0. The van der Waals surface area contributed by atoms with Crippen LogP contribution in [0, 0.1) is 0 Å². The number of carbonyl (C=O) groups excluding carboxylic acids is 2. The van der Waals surface area contributed by atoms with Gasteiger partial charge in [0.1, 0.15) is 12.2 Å². The van der Waals surface area contributed by atoms with Gasteiger partial charge < -0.3 is 19.7 Å². The van der Waals surface area contributed by atoms with Crippen molar-refractivity contribution in [1.29, 1.82) is 0 Å². The molecule has 0 spiro atoms. The van der Waals surface area contributed by atoms with Crippen LogP contribution < -0.4 is 0 Å². The molecule has 2 N–H and O–H groups in total. The highest BCUT2D eigenvalue weighted by molar-refractivity contribution is 5.73. The number of rotatable bonds is 3. The van der Waals surface area contributed by atoms with Crippen LogP contribution in [-0.2, 0) is 19.1 Å². The van der Waals surface area contributed by atoms with Gasteiger partial charge in [-0.25, -0.2) is 9.59 Å². The summed E-state index contributed by atoms with van der Waals surface area (Å²) in [5, 5.41) is 16.8. The molecule has 0 aliphatic rings. The van der Waals surface area contributed by atoms with Gasteiger partial charge in [-0.2, -0.15) is 0 Å². The molecule has 0 aromatic rings. The average molecular weight is 222 g/mol. The molecule has 6 heteroatoms. The van der Waals surface area contributed by atoms with Crippen molar-refractivity contribution in [1.82, 2.24) is 0 Å². The van der Waals surface area contributed by atoms with E-state index in [4.69, 9.17) is 10.2 Å². The van der Waals surface area contributed by atoms with E-state index in [1.807, 2.05) is 0 Å². The SMILES string of the molecule is CCOC(=O)C(C)O.COC(=O)C(C)O. The Hall–Kier alpha value is -1.14. The Labute approximate surface area is 88.8 Å². The Morgan fingerprint density at radius 1 is 1.13 bits per heavy atom. The summed E-state index contributed by atoms with van der Waals surface area (Å²) in [6, 6.07) is 0. The van der Waals surface area contributed by atoms with E-state index in [1.165, 1.54) is 21.0 Å². The Balaban J connectivity index is 0. The lowest BCUT2D eigenvalue weighted by atomic mass is 10.4. The van der Waals surface area contributed by atoms with Gasteiger partial charge in [-0.3, -0.25) is 0 Å². The van der Waals surface area contributed by atoms with Gasteiger partial charge in [0.15, 0.2) is 0 Å². The van der Waals surface area contributed by atoms with Crippen LogP contribution in [0.15, 0.2) is 0 Å². The third kappa shape index (κ3) is 10.8. The Kier molecular flexibility index (Phi) is 10.2. The van der Waals surface area contributed by atoms with Crippen LogP contribution in [-0.4, -0.2) is 48.1 Å². The van der Waals surface area contributed by atoms with Crippen LogP contribution in [0.5, 0.6) is 0 Å². The van der Waals surface area contributed by atoms with Gasteiger partial charge in [0.25, 0.3) is 0 Å². The molecule has 0 aliphatic heterocycles. The maximum absolute atomic E-state index is 10.3. The molecule has 0 aromatic carbocycles. The highest BCUT2D eigenvalue weighted by Gasteiger charge is 2.07. The molecule has 0 radical (unpaired) electrons. The molecule has 0 saturated heterocycles. The molecule has 0 amide bonds. The lowest BCUT2D eigenvalue weighted by Gasteiger charge is -2.01. The maximum Gasteiger partial charge on any atom is 0.334 e. The van der Waals surface area contributed by atoms with Crippen LogP contribution in [0.4, 0.5) is 0 Å². The van der Waals surface area contributed by atoms with Gasteiger partial charge in [0.2, 0.25) is 0 Å². The normalized spacial score (nSPS) is 12.9. The first-order valence-electron chi connectivity index (χ1n) is 4.47. The summed E-state index contributed by atoms with van der Waals surface area (Å²) < 4.78 is 8.54. The first-order valence-corrected chi connectivity index (χ1v) is 4.47. The maximum atomic E-state index is 10.3. The molecule has 0 fully saturated rings. The Bertz CT molecular complexity index is 187. The number of aliphatic hydroxyl groups excluding tert-OH is 2. The smallest absolute Gasteiger partial charge is 0.334 e. The predicted octanol–water partition coefficient (Wildman–Crippen LogP) is -0.530. The number of hydrogen-bond acceptors (Lipinski definition) is 6. The lowest BCUT2D eigenvalue weighted by molar-refractivity contribution is -0.152. The first kappa shape index (κ1) is 16.3. The standard InChI is InChI=1S/C5H10O3.C4H8O3/c1-3-8-5(7)4(2)6;1-3(5)4(6)7-2/h4,6H,3H2,1-2H3;3,5H,1-2H3. The van der Waals surface area contributed by atoms with Gasteiger partial charge in [-0.15, -0.1) is 0 Å². The summed E-state index contributed by atoms with van der Waals surface area (Å²) in [5.41, 5.74) is 0. The lowest BCUT2D eigenvalue weighted by Crippen LogP contribution is -2.18. The largest absolute Gasteiger partial charge is 0.467 e. The van der Waals surface area contributed by atoms with Gasteiger partial charge in [0.05, 0.1) is 13.7 Å².